The van der Waals surface area contributed by atoms with Gasteiger partial charge in [-0.2, -0.15) is 0 Å². The molecule has 5 nitrogen and oxygen atoms in total. The number of amides is 2. The van der Waals surface area contributed by atoms with Crippen LogP contribution in [0.5, 0.6) is 0 Å². The molecule has 0 spiro atoms. The Morgan fingerprint density at radius 1 is 1.23 bits per heavy atom. The Kier molecular flexibility index (Phi) is 5.95. The molecule has 0 saturated carbocycles. The molecular formula is C17H26N3O2+. The van der Waals surface area contributed by atoms with Gasteiger partial charge in [0.05, 0.1) is 19.6 Å². The molecule has 1 aromatic carbocycles. The monoisotopic (exact) mass is 304 g/mol. The SMILES string of the molecule is CCc1ccccc1NC(=O)C(=O)NC[C@@H]1CCC[NH+]1CC. The molecule has 0 bridgehead atoms. The summed E-state index contributed by atoms with van der Waals surface area (Å²) in [5.74, 6) is -1.13. The van der Waals surface area contributed by atoms with E-state index in [2.05, 4.69) is 17.6 Å². The van der Waals surface area contributed by atoms with Crippen LogP contribution < -0.4 is 15.5 Å². The zero-order chi connectivity index (χ0) is 15.9. The summed E-state index contributed by atoms with van der Waals surface area (Å²) < 4.78 is 0. The Morgan fingerprint density at radius 3 is 2.73 bits per heavy atom. The first-order valence-corrected chi connectivity index (χ1v) is 8.17. The standard InChI is InChI=1S/C17H25N3O2/c1-3-13-8-5-6-10-15(13)19-17(22)16(21)18-12-14-9-7-11-20(14)4-2/h5-6,8,10,14H,3-4,7,9,11-12H2,1-2H3,(H,18,21)(H,19,22)/p+1/t14-/m0/s1. The summed E-state index contributed by atoms with van der Waals surface area (Å²) in [7, 11) is 0. The average molecular weight is 304 g/mol. The highest BCUT2D eigenvalue weighted by molar-refractivity contribution is 6.39. The van der Waals surface area contributed by atoms with Crippen molar-refractivity contribution in [3.8, 4) is 0 Å². The van der Waals surface area contributed by atoms with E-state index in [4.69, 9.17) is 0 Å². The summed E-state index contributed by atoms with van der Waals surface area (Å²) in [6, 6.07) is 7.99. The molecule has 2 atom stereocenters. The molecule has 0 aliphatic carbocycles. The van der Waals surface area contributed by atoms with Crippen LogP contribution in [0.4, 0.5) is 5.69 Å². The minimum absolute atomic E-state index is 0.435. The van der Waals surface area contributed by atoms with Crippen LogP contribution in [-0.4, -0.2) is 37.5 Å². The van der Waals surface area contributed by atoms with Gasteiger partial charge in [-0.3, -0.25) is 9.59 Å². The fraction of sp³-hybridized carbons (Fsp3) is 0.529. The summed E-state index contributed by atoms with van der Waals surface area (Å²) in [6.45, 7) is 6.98. The normalized spacial score (nSPS) is 20.6. The average Bonchev–Trinajstić information content (AvgIpc) is 3.00. The smallest absolute Gasteiger partial charge is 0.313 e. The van der Waals surface area contributed by atoms with Crippen molar-refractivity contribution >= 4 is 17.5 Å². The molecule has 0 aromatic heterocycles. The van der Waals surface area contributed by atoms with Crippen molar-refractivity contribution in [2.24, 2.45) is 0 Å². The van der Waals surface area contributed by atoms with E-state index in [0.29, 0.717) is 18.3 Å². The molecule has 1 heterocycles. The maximum absolute atomic E-state index is 12.0. The van der Waals surface area contributed by atoms with Crippen molar-refractivity contribution in [1.82, 2.24) is 5.32 Å². The van der Waals surface area contributed by atoms with E-state index in [1.54, 1.807) is 0 Å². The second kappa shape index (κ2) is 7.94. The van der Waals surface area contributed by atoms with Crippen LogP contribution in [0.25, 0.3) is 0 Å². The molecule has 22 heavy (non-hydrogen) atoms. The summed E-state index contributed by atoms with van der Waals surface area (Å²) in [4.78, 5) is 25.5. The number of hydrogen-bond acceptors (Lipinski definition) is 2. The Labute approximate surface area is 132 Å². The van der Waals surface area contributed by atoms with Crippen LogP contribution in [0.2, 0.25) is 0 Å². The van der Waals surface area contributed by atoms with E-state index in [-0.39, 0.29) is 0 Å². The zero-order valence-electron chi connectivity index (χ0n) is 13.4. The van der Waals surface area contributed by atoms with E-state index in [0.717, 1.165) is 31.5 Å². The van der Waals surface area contributed by atoms with Gasteiger partial charge in [0.25, 0.3) is 0 Å². The Morgan fingerprint density at radius 2 is 2.00 bits per heavy atom. The zero-order valence-corrected chi connectivity index (χ0v) is 13.4. The lowest BCUT2D eigenvalue weighted by Gasteiger charge is -2.20. The van der Waals surface area contributed by atoms with Gasteiger partial charge in [0.2, 0.25) is 0 Å². The van der Waals surface area contributed by atoms with E-state index < -0.39 is 11.8 Å². The fourth-order valence-electron chi connectivity index (χ4n) is 3.12. The Balaban J connectivity index is 1.86. The van der Waals surface area contributed by atoms with Crippen LogP contribution in [0.15, 0.2) is 24.3 Å². The number of anilines is 1. The Hall–Kier alpha value is -1.88. The highest BCUT2D eigenvalue weighted by Crippen LogP contribution is 2.15. The predicted octanol–water partition coefficient (Wildman–Crippen LogP) is 0.371. The van der Waals surface area contributed by atoms with Crippen LogP contribution in [0.3, 0.4) is 0 Å². The number of quaternary nitrogens is 1. The van der Waals surface area contributed by atoms with Crippen molar-refractivity contribution in [2.45, 2.75) is 39.2 Å². The molecular weight excluding hydrogens is 278 g/mol. The molecule has 1 fully saturated rings. The predicted molar refractivity (Wildman–Crippen MR) is 86.9 cm³/mol. The van der Waals surface area contributed by atoms with Crippen LogP contribution in [-0.2, 0) is 16.0 Å². The third-order valence-corrected chi connectivity index (χ3v) is 4.44. The maximum Gasteiger partial charge on any atom is 0.313 e. The summed E-state index contributed by atoms with van der Waals surface area (Å²) in [5.41, 5.74) is 1.74. The van der Waals surface area contributed by atoms with E-state index in [1.165, 1.54) is 11.3 Å². The minimum atomic E-state index is -0.586. The van der Waals surface area contributed by atoms with E-state index in [1.807, 2.05) is 31.2 Å². The van der Waals surface area contributed by atoms with Gasteiger partial charge in [0.15, 0.2) is 0 Å². The van der Waals surface area contributed by atoms with Crippen molar-refractivity contribution in [2.75, 3.05) is 25.0 Å². The summed E-state index contributed by atoms with van der Waals surface area (Å²) in [5, 5.41) is 5.48. The van der Waals surface area contributed by atoms with Gasteiger partial charge in [0, 0.05) is 18.5 Å². The highest BCUT2D eigenvalue weighted by atomic mass is 16.2. The first-order valence-electron chi connectivity index (χ1n) is 8.17. The lowest BCUT2D eigenvalue weighted by Crippen LogP contribution is -3.14. The number of likely N-dealkylation sites (tertiary alicyclic amines) is 1. The third kappa shape index (κ3) is 4.07. The first kappa shape index (κ1) is 16.5. The number of para-hydroxylation sites is 1. The highest BCUT2D eigenvalue weighted by Gasteiger charge is 2.28. The fourth-order valence-corrected chi connectivity index (χ4v) is 3.12. The quantitative estimate of drug-likeness (QED) is 0.688. The number of carbonyl (C=O) groups excluding carboxylic acids is 2. The van der Waals surface area contributed by atoms with Crippen LogP contribution in [0, 0.1) is 0 Å². The second-order valence-corrected chi connectivity index (χ2v) is 5.78. The van der Waals surface area contributed by atoms with Crippen LogP contribution >= 0.6 is 0 Å². The van der Waals surface area contributed by atoms with Crippen LogP contribution in [0.1, 0.15) is 32.3 Å². The van der Waals surface area contributed by atoms with Crippen molar-refractivity contribution < 1.29 is 14.5 Å². The maximum atomic E-state index is 12.0. The number of benzene rings is 1. The number of aryl methyl sites for hydroxylation is 1. The van der Waals surface area contributed by atoms with Crippen molar-refractivity contribution in [1.29, 1.82) is 0 Å². The molecule has 1 aliphatic heterocycles. The number of nitrogens with one attached hydrogen (secondary N) is 3. The van der Waals surface area contributed by atoms with E-state index in [9.17, 15) is 9.59 Å². The van der Waals surface area contributed by atoms with Gasteiger partial charge in [-0.25, -0.2) is 0 Å². The van der Waals surface area contributed by atoms with Gasteiger partial charge in [-0.15, -0.1) is 0 Å². The molecule has 120 valence electrons. The molecule has 1 aliphatic rings. The largest absolute Gasteiger partial charge is 0.342 e. The molecule has 5 heteroatoms. The molecule has 1 unspecified atom stereocenters. The lowest BCUT2D eigenvalue weighted by molar-refractivity contribution is -0.909. The second-order valence-electron chi connectivity index (χ2n) is 5.78. The molecule has 2 rings (SSSR count). The minimum Gasteiger partial charge on any atom is -0.342 e. The summed E-state index contributed by atoms with van der Waals surface area (Å²) >= 11 is 0. The van der Waals surface area contributed by atoms with Gasteiger partial charge < -0.3 is 15.5 Å². The van der Waals surface area contributed by atoms with Gasteiger partial charge in [-0.1, -0.05) is 25.1 Å². The lowest BCUT2D eigenvalue weighted by atomic mass is 10.1. The first-order chi connectivity index (χ1) is 10.7. The summed E-state index contributed by atoms with van der Waals surface area (Å²) in [6.07, 6.45) is 3.12. The van der Waals surface area contributed by atoms with Gasteiger partial charge in [-0.05, 0) is 25.0 Å². The topological polar surface area (TPSA) is 62.6 Å². The molecule has 3 N–H and O–H groups in total. The molecule has 2 amide bonds. The number of rotatable bonds is 5. The van der Waals surface area contributed by atoms with E-state index >= 15 is 0 Å². The number of carbonyl (C=O) groups is 2. The van der Waals surface area contributed by atoms with Gasteiger partial charge >= 0.3 is 11.8 Å². The van der Waals surface area contributed by atoms with Gasteiger partial charge in [0.1, 0.15) is 6.04 Å². The Bertz CT molecular complexity index is 530. The molecule has 0 radical (unpaired) electrons. The molecule has 1 saturated heterocycles. The van der Waals surface area contributed by atoms with Crippen molar-refractivity contribution in [3.05, 3.63) is 29.8 Å². The number of likely N-dealkylation sites (N-methyl/N-ethyl adjacent to an activating group) is 1. The number of hydrogen-bond donors (Lipinski definition) is 3. The van der Waals surface area contributed by atoms with Crippen molar-refractivity contribution in [3.63, 3.8) is 0 Å². The third-order valence-electron chi connectivity index (χ3n) is 4.44. The molecule has 1 aromatic rings.